The van der Waals surface area contributed by atoms with Crippen LogP contribution in [0, 0.1) is 11.3 Å². The summed E-state index contributed by atoms with van der Waals surface area (Å²) in [4.78, 5) is 29.0. The molecule has 0 saturated carbocycles. The highest BCUT2D eigenvalue weighted by atomic mass is 16.6. The first-order valence-electron chi connectivity index (χ1n) is 8.41. The van der Waals surface area contributed by atoms with Crippen molar-refractivity contribution in [1.29, 1.82) is 5.26 Å². The number of likely N-dealkylation sites (tertiary alicyclic amines) is 1. The van der Waals surface area contributed by atoms with E-state index in [1.165, 1.54) is 0 Å². The lowest BCUT2D eigenvalue weighted by Gasteiger charge is -2.33. The number of benzene rings is 1. The summed E-state index contributed by atoms with van der Waals surface area (Å²) in [5.41, 5.74) is 1.03. The van der Waals surface area contributed by atoms with E-state index in [0.717, 1.165) is 5.52 Å². The molecule has 1 aliphatic heterocycles. The minimum Gasteiger partial charge on any atom is -0.444 e. The van der Waals surface area contributed by atoms with E-state index in [2.05, 4.69) is 11.1 Å². The first-order valence-corrected chi connectivity index (χ1v) is 8.41. The third-order valence-corrected chi connectivity index (χ3v) is 4.35. The number of aromatic nitrogens is 2. The maximum atomic E-state index is 12.4. The maximum absolute atomic E-state index is 12.4. The molecule has 1 aromatic heterocycles. The number of nitrogens with zero attached hydrogens (tertiary/aromatic N) is 3. The van der Waals surface area contributed by atoms with Crippen LogP contribution < -0.4 is 5.69 Å². The fourth-order valence-corrected chi connectivity index (χ4v) is 3.24. The second-order valence-corrected chi connectivity index (χ2v) is 7.31. The van der Waals surface area contributed by atoms with Gasteiger partial charge < -0.3 is 14.6 Å². The number of ether oxygens (including phenoxy) is 1. The normalized spacial score (nSPS) is 16.0. The average Bonchev–Trinajstić information content (AvgIpc) is 2.89. The summed E-state index contributed by atoms with van der Waals surface area (Å²) in [5.74, 6) is 0. The number of hydrogen-bond acceptors (Lipinski definition) is 4. The van der Waals surface area contributed by atoms with E-state index >= 15 is 0 Å². The molecular formula is C18H22N4O3. The summed E-state index contributed by atoms with van der Waals surface area (Å²) in [6, 6.07) is 7.41. The number of imidazole rings is 1. The largest absolute Gasteiger partial charge is 0.444 e. The molecule has 7 heteroatoms. The Hall–Kier alpha value is -2.75. The van der Waals surface area contributed by atoms with Crippen molar-refractivity contribution in [2.45, 2.75) is 45.3 Å². The Morgan fingerprint density at radius 2 is 2.00 bits per heavy atom. The van der Waals surface area contributed by atoms with E-state index in [4.69, 9.17) is 4.74 Å². The molecule has 1 N–H and O–H groups in total. The van der Waals surface area contributed by atoms with Crippen molar-refractivity contribution in [3.8, 4) is 6.07 Å². The molecule has 0 radical (unpaired) electrons. The van der Waals surface area contributed by atoms with Crippen LogP contribution in [0.25, 0.3) is 11.0 Å². The number of piperidine rings is 1. The molecule has 25 heavy (non-hydrogen) atoms. The third-order valence-electron chi connectivity index (χ3n) is 4.35. The van der Waals surface area contributed by atoms with Crippen molar-refractivity contribution in [2.24, 2.45) is 0 Å². The topological polar surface area (TPSA) is 91.1 Å². The summed E-state index contributed by atoms with van der Waals surface area (Å²) in [7, 11) is 0. The lowest BCUT2D eigenvalue weighted by Crippen LogP contribution is -2.43. The standard InChI is InChI=1S/C18H22N4O3/c1-18(2,3)25-17(24)21-9-7-13(8-10-21)22-14-6-4-5-12(11-19)15(14)20-16(22)23/h4-6,13H,7-10H2,1-3H3,(H,20,23). The first kappa shape index (κ1) is 17.1. The SMILES string of the molecule is CC(C)(C)OC(=O)N1CCC(n2c(=O)[nH]c3c(C#N)cccc32)CC1. The Kier molecular flexibility index (Phi) is 4.29. The predicted molar refractivity (Wildman–Crippen MR) is 93.4 cm³/mol. The molecule has 0 unspecified atom stereocenters. The van der Waals surface area contributed by atoms with Crippen LogP contribution in [-0.4, -0.2) is 39.2 Å². The molecule has 0 spiro atoms. The van der Waals surface area contributed by atoms with Gasteiger partial charge >= 0.3 is 11.8 Å². The summed E-state index contributed by atoms with van der Waals surface area (Å²) in [6.07, 6.45) is 1.02. The quantitative estimate of drug-likeness (QED) is 0.862. The highest BCUT2D eigenvalue weighted by Crippen LogP contribution is 2.26. The highest BCUT2D eigenvalue weighted by molar-refractivity contribution is 5.81. The Morgan fingerprint density at radius 1 is 1.32 bits per heavy atom. The molecule has 0 bridgehead atoms. The van der Waals surface area contributed by atoms with Gasteiger partial charge in [-0.1, -0.05) is 6.07 Å². The van der Waals surface area contributed by atoms with Gasteiger partial charge in [0, 0.05) is 19.1 Å². The summed E-state index contributed by atoms with van der Waals surface area (Å²) >= 11 is 0. The Balaban J connectivity index is 1.79. The lowest BCUT2D eigenvalue weighted by molar-refractivity contribution is 0.0189. The predicted octanol–water partition coefficient (Wildman–Crippen LogP) is 2.77. The molecule has 1 aliphatic rings. The van der Waals surface area contributed by atoms with Gasteiger partial charge in [0.15, 0.2) is 0 Å². The van der Waals surface area contributed by atoms with E-state index in [0.29, 0.717) is 37.0 Å². The fraction of sp³-hybridized carbons (Fsp3) is 0.500. The zero-order valence-corrected chi connectivity index (χ0v) is 14.7. The van der Waals surface area contributed by atoms with Crippen LogP contribution >= 0.6 is 0 Å². The smallest absolute Gasteiger partial charge is 0.410 e. The number of rotatable bonds is 1. The minimum atomic E-state index is -0.518. The number of aromatic amines is 1. The van der Waals surface area contributed by atoms with Gasteiger partial charge in [-0.05, 0) is 45.7 Å². The number of fused-ring (bicyclic) bond motifs is 1. The van der Waals surface area contributed by atoms with E-state index in [9.17, 15) is 14.9 Å². The molecule has 1 saturated heterocycles. The second kappa shape index (κ2) is 6.28. The zero-order valence-electron chi connectivity index (χ0n) is 14.7. The number of amides is 1. The fourth-order valence-electron chi connectivity index (χ4n) is 3.24. The highest BCUT2D eigenvalue weighted by Gasteiger charge is 2.29. The molecule has 132 valence electrons. The van der Waals surface area contributed by atoms with Gasteiger partial charge in [0.2, 0.25) is 0 Å². The van der Waals surface area contributed by atoms with Crippen molar-refractivity contribution in [3.05, 3.63) is 34.2 Å². The number of H-pyrrole nitrogens is 1. The van der Waals surface area contributed by atoms with Gasteiger partial charge in [-0.2, -0.15) is 5.26 Å². The number of hydrogen-bond donors (Lipinski definition) is 1. The molecule has 1 amide bonds. The van der Waals surface area contributed by atoms with Gasteiger partial charge in [0.25, 0.3) is 0 Å². The van der Waals surface area contributed by atoms with Crippen molar-refractivity contribution in [2.75, 3.05) is 13.1 Å². The van der Waals surface area contributed by atoms with E-state index in [1.54, 1.807) is 21.6 Å². The van der Waals surface area contributed by atoms with Crippen molar-refractivity contribution in [1.82, 2.24) is 14.5 Å². The van der Waals surface area contributed by atoms with Crippen LogP contribution in [-0.2, 0) is 4.74 Å². The van der Waals surface area contributed by atoms with Gasteiger partial charge in [-0.25, -0.2) is 9.59 Å². The van der Waals surface area contributed by atoms with Crippen LogP contribution in [0.2, 0.25) is 0 Å². The lowest BCUT2D eigenvalue weighted by atomic mass is 10.0. The zero-order chi connectivity index (χ0) is 18.2. The molecule has 3 rings (SSSR count). The van der Waals surface area contributed by atoms with Crippen LogP contribution in [0.4, 0.5) is 4.79 Å². The molecule has 1 fully saturated rings. The molecule has 7 nitrogen and oxygen atoms in total. The van der Waals surface area contributed by atoms with Gasteiger partial charge in [0.05, 0.1) is 16.6 Å². The first-order chi connectivity index (χ1) is 11.8. The molecule has 2 aromatic rings. The van der Waals surface area contributed by atoms with Crippen LogP contribution in [0.5, 0.6) is 0 Å². The maximum Gasteiger partial charge on any atom is 0.410 e. The summed E-state index contributed by atoms with van der Waals surface area (Å²) in [6.45, 7) is 6.61. The van der Waals surface area contributed by atoms with Crippen LogP contribution in [0.3, 0.4) is 0 Å². The van der Waals surface area contributed by atoms with E-state index < -0.39 is 5.60 Å². The number of carbonyl (C=O) groups is 1. The molecule has 0 aliphatic carbocycles. The van der Waals surface area contributed by atoms with Crippen molar-refractivity contribution in [3.63, 3.8) is 0 Å². The van der Waals surface area contributed by atoms with Gasteiger partial charge in [-0.15, -0.1) is 0 Å². The Morgan fingerprint density at radius 3 is 2.60 bits per heavy atom. The molecule has 0 atom stereocenters. The van der Waals surface area contributed by atoms with E-state index in [1.807, 2.05) is 26.8 Å². The number of carbonyl (C=O) groups excluding carboxylic acids is 1. The number of para-hydroxylation sites is 1. The van der Waals surface area contributed by atoms with Crippen molar-refractivity contribution < 1.29 is 9.53 Å². The van der Waals surface area contributed by atoms with Gasteiger partial charge in [-0.3, -0.25) is 4.57 Å². The van der Waals surface area contributed by atoms with E-state index in [-0.39, 0.29) is 17.8 Å². The monoisotopic (exact) mass is 342 g/mol. The Bertz CT molecular complexity index is 890. The van der Waals surface area contributed by atoms with Crippen LogP contribution in [0.1, 0.15) is 45.2 Å². The summed E-state index contributed by atoms with van der Waals surface area (Å²) < 4.78 is 7.11. The number of nitriles is 1. The van der Waals surface area contributed by atoms with Crippen molar-refractivity contribution >= 4 is 17.1 Å². The second-order valence-electron chi connectivity index (χ2n) is 7.31. The minimum absolute atomic E-state index is 0.00567. The molecule has 1 aromatic carbocycles. The Labute approximate surface area is 145 Å². The molecular weight excluding hydrogens is 320 g/mol. The third kappa shape index (κ3) is 3.38. The summed E-state index contributed by atoms with van der Waals surface area (Å²) in [5, 5.41) is 9.20. The van der Waals surface area contributed by atoms with Crippen LogP contribution in [0.15, 0.2) is 23.0 Å². The number of nitrogens with one attached hydrogen (secondary N) is 1. The van der Waals surface area contributed by atoms with Gasteiger partial charge in [0.1, 0.15) is 11.7 Å². The average molecular weight is 342 g/mol. The molecule has 2 heterocycles.